The number of methoxy groups -OCH3 is 1. The van der Waals surface area contributed by atoms with Crippen molar-refractivity contribution >= 4 is 17.7 Å². The maximum Gasteiger partial charge on any atom is 0.331 e. The lowest BCUT2D eigenvalue weighted by atomic mass is 10.1. The summed E-state index contributed by atoms with van der Waals surface area (Å²) in [5.41, 5.74) is -0.764. The van der Waals surface area contributed by atoms with E-state index in [4.69, 9.17) is 0 Å². The van der Waals surface area contributed by atoms with Gasteiger partial charge in [0.2, 0.25) is 0 Å². The molecule has 0 aromatic heterocycles. The molecule has 0 fully saturated rings. The summed E-state index contributed by atoms with van der Waals surface area (Å²) in [7, 11) is 1.32. The minimum absolute atomic E-state index is 0.404. The topological polar surface area (TPSA) is 58.6 Å². The second-order valence-corrected chi connectivity index (χ2v) is 4.03. The van der Waals surface area contributed by atoms with Gasteiger partial charge in [-0.2, -0.15) is 11.8 Å². The predicted molar refractivity (Wildman–Crippen MR) is 58.2 cm³/mol. The fourth-order valence-electron chi connectivity index (χ4n) is 0.836. The summed E-state index contributed by atoms with van der Waals surface area (Å²) in [6, 6.07) is 0. The van der Waals surface area contributed by atoms with Crippen LogP contribution in [0.5, 0.6) is 0 Å². The van der Waals surface area contributed by atoms with Gasteiger partial charge < -0.3 is 15.2 Å². The Morgan fingerprint density at radius 3 is 2.86 bits per heavy atom. The maximum absolute atomic E-state index is 10.6. The van der Waals surface area contributed by atoms with E-state index in [-0.39, 0.29) is 0 Å². The number of thioether (sulfide) groups is 1. The highest BCUT2D eigenvalue weighted by atomic mass is 32.2. The first-order valence-electron chi connectivity index (χ1n) is 4.21. The molecule has 14 heavy (non-hydrogen) atoms. The highest BCUT2D eigenvalue weighted by Crippen LogP contribution is 2.08. The van der Waals surface area contributed by atoms with E-state index in [1.807, 2.05) is 6.26 Å². The smallest absolute Gasteiger partial charge is 0.331 e. The van der Waals surface area contributed by atoms with E-state index in [1.54, 1.807) is 18.7 Å². The van der Waals surface area contributed by atoms with Gasteiger partial charge in [-0.05, 0) is 13.2 Å². The highest BCUT2D eigenvalue weighted by Gasteiger charge is 2.17. The molecule has 82 valence electrons. The molecule has 0 amide bonds. The van der Waals surface area contributed by atoms with Gasteiger partial charge in [-0.3, -0.25) is 0 Å². The van der Waals surface area contributed by atoms with Gasteiger partial charge in [0.05, 0.1) is 12.7 Å². The SMILES string of the molecule is COC(=O)/C=C/NCC(C)(O)CSC. The molecule has 0 radical (unpaired) electrons. The van der Waals surface area contributed by atoms with Crippen molar-refractivity contribution in [3.8, 4) is 0 Å². The van der Waals surface area contributed by atoms with Crippen molar-refractivity contribution < 1.29 is 14.6 Å². The molecular weight excluding hydrogens is 202 g/mol. The molecule has 0 rings (SSSR count). The number of aliphatic hydroxyl groups is 1. The molecule has 1 unspecified atom stereocenters. The predicted octanol–water partition coefficient (Wildman–Crippen LogP) is 0.377. The summed E-state index contributed by atoms with van der Waals surface area (Å²) in [5.74, 6) is 0.230. The van der Waals surface area contributed by atoms with Gasteiger partial charge >= 0.3 is 5.97 Å². The van der Waals surface area contributed by atoms with Crippen LogP contribution in [0.3, 0.4) is 0 Å². The lowest BCUT2D eigenvalue weighted by molar-refractivity contribution is -0.134. The highest BCUT2D eigenvalue weighted by molar-refractivity contribution is 7.98. The van der Waals surface area contributed by atoms with Gasteiger partial charge in [0.25, 0.3) is 0 Å². The van der Waals surface area contributed by atoms with Crippen molar-refractivity contribution in [1.82, 2.24) is 5.32 Å². The zero-order chi connectivity index (χ0) is 11.0. The Balaban J connectivity index is 3.72. The molecule has 0 spiro atoms. The van der Waals surface area contributed by atoms with Gasteiger partial charge in [-0.1, -0.05) is 0 Å². The van der Waals surface area contributed by atoms with Crippen LogP contribution in [0.25, 0.3) is 0 Å². The Bertz CT molecular complexity index is 204. The van der Waals surface area contributed by atoms with Crippen LogP contribution in [0.2, 0.25) is 0 Å². The van der Waals surface area contributed by atoms with Gasteiger partial charge in [-0.25, -0.2) is 4.79 Å². The molecule has 0 bridgehead atoms. The molecule has 0 saturated carbocycles. The molecular formula is C9H17NO3S. The van der Waals surface area contributed by atoms with Gasteiger partial charge in [-0.15, -0.1) is 0 Å². The van der Waals surface area contributed by atoms with E-state index in [2.05, 4.69) is 10.1 Å². The third kappa shape index (κ3) is 6.80. The average molecular weight is 219 g/mol. The largest absolute Gasteiger partial charge is 0.466 e. The van der Waals surface area contributed by atoms with Crippen LogP contribution in [0.15, 0.2) is 12.3 Å². The Kier molecular flexibility index (Phi) is 6.40. The molecule has 0 aliphatic carbocycles. The van der Waals surface area contributed by atoms with Crippen molar-refractivity contribution in [2.45, 2.75) is 12.5 Å². The van der Waals surface area contributed by atoms with Crippen LogP contribution < -0.4 is 5.32 Å². The van der Waals surface area contributed by atoms with E-state index >= 15 is 0 Å². The van der Waals surface area contributed by atoms with Crippen LogP contribution in [-0.4, -0.2) is 42.3 Å². The van der Waals surface area contributed by atoms with E-state index in [1.165, 1.54) is 19.4 Å². The molecule has 4 nitrogen and oxygen atoms in total. The van der Waals surface area contributed by atoms with Crippen molar-refractivity contribution in [1.29, 1.82) is 0 Å². The Labute approximate surface area is 88.7 Å². The zero-order valence-electron chi connectivity index (χ0n) is 8.74. The van der Waals surface area contributed by atoms with Gasteiger partial charge in [0.15, 0.2) is 0 Å². The molecule has 5 heteroatoms. The number of esters is 1. The van der Waals surface area contributed by atoms with Crippen LogP contribution in [0.1, 0.15) is 6.92 Å². The standard InChI is InChI=1S/C9H17NO3S/c1-9(12,7-14-3)6-10-5-4-8(11)13-2/h4-5,10,12H,6-7H2,1-3H3/b5-4+. The quantitative estimate of drug-likeness (QED) is 0.499. The summed E-state index contributed by atoms with van der Waals surface area (Å²) in [6.07, 6.45) is 4.68. The molecule has 0 aliphatic heterocycles. The third-order valence-electron chi connectivity index (χ3n) is 1.48. The fraction of sp³-hybridized carbons (Fsp3) is 0.667. The molecule has 1 atom stereocenters. The minimum Gasteiger partial charge on any atom is -0.466 e. The minimum atomic E-state index is -0.764. The maximum atomic E-state index is 10.6. The van der Waals surface area contributed by atoms with Crippen molar-refractivity contribution in [3.05, 3.63) is 12.3 Å². The number of carbonyl (C=O) groups is 1. The first-order valence-corrected chi connectivity index (χ1v) is 5.60. The Morgan fingerprint density at radius 1 is 1.71 bits per heavy atom. The van der Waals surface area contributed by atoms with Crippen molar-refractivity contribution in [2.24, 2.45) is 0 Å². The Hall–Kier alpha value is -0.680. The monoisotopic (exact) mass is 219 g/mol. The van der Waals surface area contributed by atoms with Crippen molar-refractivity contribution in [2.75, 3.05) is 25.7 Å². The second kappa shape index (κ2) is 6.73. The van der Waals surface area contributed by atoms with E-state index in [0.717, 1.165) is 0 Å². The molecule has 2 N–H and O–H groups in total. The van der Waals surface area contributed by atoms with Crippen LogP contribution >= 0.6 is 11.8 Å². The molecule has 0 aliphatic rings. The number of nitrogens with one attached hydrogen (secondary N) is 1. The third-order valence-corrected chi connectivity index (χ3v) is 2.39. The summed E-state index contributed by atoms with van der Waals surface area (Å²) in [4.78, 5) is 10.6. The molecule has 0 heterocycles. The fourth-order valence-corrected chi connectivity index (χ4v) is 1.56. The lowest BCUT2D eigenvalue weighted by Gasteiger charge is -2.21. The number of ether oxygens (including phenoxy) is 1. The number of hydrogen-bond acceptors (Lipinski definition) is 5. The molecule has 0 aromatic rings. The van der Waals surface area contributed by atoms with Crippen LogP contribution in [0, 0.1) is 0 Å². The van der Waals surface area contributed by atoms with Gasteiger partial charge in [0.1, 0.15) is 0 Å². The van der Waals surface area contributed by atoms with Crippen molar-refractivity contribution in [3.63, 3.8) is 0 Å². The number of carbonyl (C=O) groups excluding carboxylic acids is 1. The summed E-state index contributed by atoms with van der Waals surface area (Å²) in [6.45, 7) is 2.14. The summed E-state index contributed by atoms with van der Waals surface area (Å²) >= 11 is 1.57. The lowest BCUT2D eigenvalue weighted by Crippen LogP contribution is -2.38. The van der Waals surface area contributed by atoms with E-state index in [0.29, 0.717) is 12.3 Å². The normalized spacial score (nSPS) is 15.1. The Morgan fingerprint density at radius 2 is 2.36 bits per heavy atom. The zero-order valence-corrected chi connectivity index (χ0v) is 9.56. The second-order valence-electron chi connectivity index (χ2n) is 3.17. The average Bonchev–Trinajstić information content (AvgIpc) is 2.12. The summed E-state index contributed by atoms with van der Waals surface area (Å²) < 4.78 is 4.40. The first-order chi connectivity index (χ1) is 6.52. The van der Waals surface area contributed by atoms with Crippen LogP contribution in [-0.2, 0) is 9.53 Å². The van der Waals surface area contributed by atoms with E-state index < -0.39 is 11.6 Å². The molecule has 0 aromatic carbocycles. The van der Waals surface area contributed by atoms with E-state index in [9.17, 15) is 9.90 Å². The molecule has 0 saturated heterocycles. The number of rotatable bonds is 6. The van der Waals surface area contributed by atoms with Crippen LogP contribution in [0.4, 0.5) is 0 Å². The first kappa shape index (κ1) is 13.3. The number of hydrogen-bond donors (Lipinski definition) is 2. The summed E-state index contributed by atoms with van der Waals surface area (Å²) in [5, 5.41) is 12.5. The van der Waals surface area contributed by atoms with Gasteiger partial charge in [0, 0.05) is 24.6 Å².